The number of carbonyl (C=O) groups is 1. The van der Waals surface area contributed by atoms with Crippen LogP contribution in [0.1, 0.15) is 24.1 Å². The Morgan fingerprint density at radius 1 is 1.00 bits per heavy atom. The van der Waals surface area contributed by atoms with Gasteiger partial charge in [-0.3, -0.25) is 4.79 Å². The molecule has 0 aliphatic rings. The smallest absolute Gasteiger partial charge is 0.230 e. The summed E-state index contributed by atoms with van der Waals surface area (Å²) >= 11 is 1.58. The van der Waals surface area contributed by atoms with Gasteiger partial charge < -0.3 is 19.5 Å². The summed E-state index contributed by atoms with van der Waals surface area (Å²) in [6.07, 6.45) is 0. The van der Waals surface area contributed by atoms with Crippen LogP contribution in [0.25, 0.3) is 0 Å². The Morgan fingerprint density at radius 2 is 1.69 bits per heavy atom. The Bertz CT molecular complexity index is 718. The van der Waals surface area contributed by atoms with Crippen molar-refractivity contribution in [3.8, 4) is 17.2 Å². The minimum absolute atomic E-state index is 0.00537. The number of ether oxygens (including phenoxy) is 3. The van der Waals surface area contributed by atoms with Crippen molar-refractivity contribution in [3.05, 3.63) is 53.6 Å². The molecule has 1 N–H and O–H groups in total. The molecule has 0 spiro atoms. The van der Waals surface area contributed by atoms with Gasteiger partial charge in [-0.25, -0.2) is 0 Å². The van der Waals surface area contributed by atoms with Crippen molar-refractivity contribution in [3.63, 3.8) is 0 Å². The quantitative estimate of drug-likeness (QED) is 0.722. The molecule has 2 aromatic rings. The van der Waals surface area contributed by atoms with Gasteiger partial charge in [0.2, 0.25) is 5.91 Å². The summed E-state index contributed by atoms with van der Waals surface area (Å²) in [5, 5.41) is 3.01. The molecule has 2 rings (SSSR count). The van der Waals surface area contributed by atoms with Crippen molar-refractivity contribution < 1.29 is 19.0 Å². The minimum Gasteiger partial charge on any atom is -0.497 e. The zero-order valence-corrected chi connectivity index (χ0v) is 16.4. The van der Waals surface area contributed by atoms with Crippen molar-refractivity contribution in [1.29, 1.82) is 0 Å². The first kappa shape index (κ1) is 20.0. The summed E-state index contributed by atoms with van der Waals surface area (Å²) in [5.41, 5.74) is 2.13. The molecule has 6 heteroatoms. The molecule has 0 fully saturated rings. The van der Waals surface area contributed by atoms with E-state index < -0.39 is 0 Å². The number of rotatable bonds is 9. The Hall–Kier alpha value is -2.34. The summed E-state index contributed by atoms with van der Waals surface area (Å²) in [4.78, 5) is 12.2. The highest BCUT2D eigenvalue weighted by molar-refractivity contribution is 7.99. The molecule has 0 saturated carbocycles. The summed E-state index contributed by atoms with van der Waals surface area (Å²) in [7, 11) is 4.84. The number of thioether (sulfide) groups is 1. The van der Waals surface area contributed by atoms with Crippen molar-refractivity contribution in [1.82, 2.24) is 5.32 Å². The lowest BCUT2D eigenvalue weighted by molar-refractivity contribution is -0.119. The number of nitrogens with one attached hydrogen (secondary N) is 1. The van der Waals surface area contributed by atoms with Crippen molar-refractivity contribution >= 4 is 17.7 Å². The molecular formula is C20H25NO4S. The molecular weight excluding hydrogens is 350 g/mol. The van der Waals surface area contributed by atoms with E-state index in [9.17, 15) is 4.79 Å². The Labute approximate surface area is 159 Å². The molecule has 2 aromatic carbocycles. The van der Waals surface area contributed by atoms with Gasteiger partial charge in [-0.15, -0.1) is 11.8 Å². The van der Waals surface area contributed by atoms with Gasteiger partial charge in [0.25, 0.3) is 0 Å². The SMILES string of the molecule is COc1ccc(CSCC(=O)N[C@H](C)c2ccc(OC)c(OC)c2)cc1. The van der Waals surface area contributed by atoms with Crippen LogP contribution >= 0.6 is 11.8 Å². The molecule has 0 aliphatic heterocycles. The first-order chi connectivity index (χ1) is 12.6. The summed E-state index contributed by atoms with van der Waals surface area (Å²) in [6, 6.07) is 13.4. The molecule has 1 atom stereocenters. The van der Waals surface area contributed by atoms with E-state index in [4.69, 9.17) is 14.2 Å². The summed E-state index contributed by atoms with van der Waals surface area (Å²) < 4.78 is 15.7. The topological polar surface area (TPSA) is 56.8 Å². The van der Waals surface area contributed by atoms with Gasteiger partial charge >= 0.3 is 0 Å². The van der Waals surface area contributed by atoms with Crippen molar-refractivity contribution in [2.75, 3.05) is 27.1 Å². The van der Waals surface area contributed by atoms with Gasteiger partial charge in [-0.1, -0.05) is 18.2 Å². The van der Waals surface area contributed by atoms with Crippen LogP contribution in [-0.4, -0.2) is 33.0 Å². The zero-order valence-electron chi connectivity index (χ0n) is 15.6. The summed E-state index contributed by atoms with van der Waals surface area (Å²) in [5.74, 6) is 3.35. The van der Waals surface area contributed by atoms with E-state index in [-0.39, 0.29) is 11.9 Å². The van der Waals surface area contributed by atoms with Gasteiger partial charge in [0.05, 0.1) is 33.1 Å². The van der Waals surface area contributed by atoms with Gasteiger partial charge in [0, 0.05) is 5.75 Å². The van der Waals surface area contributed by atoms with Crippen molar-refractivity contribution in [2.45, 2.75) is 18.7 Å². The fraction of sp³-hybridized carbons (Fsp3) is 0.350. The standard InChI is InChI=1S/C20H25NO4S/c1-14(16-7-10-18(24-3)19(11-16)25-4)21-20(22)13-26-12-15-5-8-17(23-2)9-6-15/h5-11,14H,12-13H2,1-4H3,(H,21,22)/t14-/m1/s1. The number of amides is 1. The lowest BCUT2D eigenvalue weighted by Gasteiger charge is -2.16. The molecule has 0 heterocycles. The minimum atomic E-state index is -0.108. The number of hydrogen-bond acceptors (Lipinski definition) is 5. The highest BCUT2D eigenvalue weighted by Crippen LogP contribution is 2.29. The number of methoxy groups -OCH3 is 3. The van der Waals surface area contributed by atoms with Crippen LogP contribution in [0, 0.1) is 0 Å². The third-order valence-corrected chi connectivity index (χ3v) is 4.95. The molecule has 0 saturated heterocycles. The second-order valence-electron chi connectivity index (χ2n) is 5.74. The Morgan fingerprint density at radius 3 is 2.31 bits per heavy atom. The first-order valence-corrected chi connectivity index (χ1v) is 9.44. The van der Waals surface area contributed by atoms with Crippen LogP contribution in [0.3, 0.4) is 0 Å². The predicted octanol–water partition coefficient (Wildman–Crippen LogP) is 3.82. The van der Waals surface area contributed by atoms with Crippen LogP contribution in [0.15, 0.2) is 42.5 Å². The van der Waals surface area contributed by atoms with Crippen LogP contribution < -0.4 is 19.5 Å². The molecule has 0 bridgehead atoms. The van der Waals surface area contributed by atoms with E-state index in [1.54, 1.807) is 33.1 Å². The predicted molar refractivity (Wildman–Crippen MR) is 105 cm³/mol. The fourth-order valence-electron chi connectivity index (χ4n) is 2.47. The lowest BCUT2D eigenvalue weighted by Crippen LogP contribution is -2.28. The third-order valence-electron chi connectivity index (χ3n) is 3.95. The van der Waals surface area contributed by atoms with Crippen LogP contribution in [0.5, 0.6) is 17.2 Å². The van der Waals surface area contributed by atoms with Gasteiger partial charge in [0.15, 0.2) is 11.5 Å². The zero-order chi connectivity index (χ0) is 18.9. The number of carbonyl (C=O) groups excluding carboxylic acids is 1. The molecule has 0 radical (unpaired) electrons. The average molecular weight is 375 g/mol. The maximum absolute atomic E-state index is 12.2. The van der Waals surface area contributed by atoms with E-state index in [0.29, 0.717) is 17.3 Å². The van der Waals surface area contributed by atoms with Gasteiger partial charge in [-0.05, 0) is 42.3 Å². The van der Waals surface area contributed by atoms with E-state index in [1.165, 1.54) is 0 Å². The van der Waals surface area contributed by atoms with E-state index in [2.05, 4.69) is 5.32 Å². The van der Waals surface area contributed by atoms with Crippen molar-refractivity contribution in [2.24, 2.45) is 0 Å². The molecule has 0 aromatic heterocycles. The van der Waals surface area contributed by atoms with E-state index >= 15 is 0 Å². The molecule has 0 aliphatic carbocycles. The largest absolute Gasteiger partial charge is 0.497 e. The maximum Gasteiger partial charge on any atom is 0.230 e. The number of benzene rings is 2. The molecule has 26 heavy (non-hydrogen) atoms. The maximum atomic E-state index is 12.2. The number of hydrogen-bond donors (Lipinski definition) is 1. The molecule has 1 amide bonds. The van der Waals surface area contributed by atoms with Gasteiger partial charge in [0.1, 0.15) is 5.75 Å². The van der Waals surface area contributed by atoms with Crippen LogP contribution in [-0.2, 0) is 10.5 Å². The second-order valence-corrected chi connectivity index (χ2v) is 6.73. The second kappa shape index (κ2) is 9.97. The highest BCUT2D eigenvalue weighted by atomic mass is 32.2. The molecule has 140 valence electrons. The molecule has 5 nitrogen and oxygen atoms in total. The fourth-order valence-corrected chi connectivity index (χ4v) is 3.27. The van der Waals surface area contributed by atoms with Crippen LogP contribution in [0.2, 0.25) is 0 Å². The van der Waals surface area contributed by atoms with E-state index in [1.807, 2.05) is 49.4 Å². The monoisotopic (exact) mass is 375 g/mol. The summed E-state index contributed by atoms with van der Waals surface area (Å²) in [6.45, 7) is 1.95. The third kappa shape index (κ3) is 5.59. The average Bonchev–Trinajstić information content (AvgIpc) is 2.67. The Kier molecular flexibility index (Phi) is 7.66. The molecule has 0 unspecified atom stereocenters. The van der Waals surface area contributed by atoms with E-state index in [0.717, 1.165) is 22.6 Å². The first-order valence-electron chi connectivity index (χ1n) is 8.29. The van der Waals surface area contributed by atoms with Gasteiger partial charge in [-0.2, -0.15) is 0 Å². The van der Waals surface area contributed by atoms with Crippen LogP contribution in [0.4, 0.5) is 0 Å². The lowest BCUT2D eigenvalue weighted by atomic mass is 10.1. The normalized spacial score (nSPS) is 11.5. The highest BCUT2D eigenvalue weighted by Gasteiger charge is 2.12. The Balaban J connectivity index is 1.82.